The first-order valence-electron chi connectivity index (χ1n) is 5.04. The van der Waals surface area contributed by atoms with E-state index >= 15 is 0 Å². The molecule has 6 heteroatoms. The van der Waals surface area contributed by atoms with Gasteiger partial charge in [0.2, 0.25) is 0 Å². The smallest absolute Gasteiger partial charge is 0.375 e. The number of nitrogens with one attached hydrogen (secondary N) is 1. The Bertz CT molecular complexity index is 245. The third kappa shape index (κ3) is 5.93. The molecule has 0 bridgehead atoms. The lowest BCUT2D eigenvalue weighted by atomic mass is 10.1. The first-order chi connectivity index (χ1) is 7.23. The Morgan fingerprint density at radius 3 is 2.31 bits per heavy atom. The van der Waals surface area contributed by atoms with E-state index in [1.807, 2.05) is 6.92 Å². The fourth-order valence-corrected chi connectivity index (χ4v) is 1.19. The molecule has 0 spiro atoms. The highest BCUT2D eigenvalue weighted by Crippen LogP contribution is 2.24. The molecule has 0 radical (unpaired) electrons. The molecule has 0 aliphatic heterocycles. The molecule has 0 amide bonds. The van der Waals surface area contributed by atoms with Crippen molar-refractivity contribution in [2.75, 3.05) is 19.7 Å². The number of alkyl halides is 3. The van der Waals surface area contributed by atoms with Crippen LogP contribution in [0, 0.1) is 17.2 Å². The zero-order chi connectivity index (χ0) is 12.8. The summed E-state index contributed by atoms with van der Waals surface area (Å²) in [6.45, 7) is 5.73. The molecule has 0 heterocycles. The van der Waals surface area contributed by atoms with Crippen LogP contribution in [-0.4, -0.2) is 31.5 Å². The van der Waals surface area contributed by atoms with Crippen LogP contribution in [-0.2, 0) is 4.74 Å². The van der Waals surface area contributed by atoms with Gasteiger partial charge >= 0.3 is 6.18 Å². The normalized spacial score (nSPS) is 14.6. The number of nitrogens with zero attached hydrogens (tertiary/aromatic N) is 1. The Kier molecular flexibility index (Phi) is 5.76. The van der Waals surface area contributed by atoms with Gasteiger partial charge in [0.25, 0.3) is 0 Å². The number of nitriles is 1. The summed E-state index contributed by atoms with van der Waals surface area (Å²) >= 11 is 0. The molecule has 94 valence electrons. The molecule has 0 fully saturated rings. The van der Waals surface area contributed by atoms with Crippen LogP contribution in [0.3, 0.4) is 0 Å². The summed E-state index contributed by atoms with van der Waals surface area (Å²) in [6, 6.07) is 1.23. The van der Waals surface area contributed by atoms with Crippen LogP contribution in [0.2, 0.25) is 0 Å². The van der Waals surface area contributed by atoms with Crippen molar-refractivity contribution in [2.45, 2.75) is 32.5 Å². The topological polar surface area (TPSA) is 45.0 Å². The van der Waals surface area contributed by atoms with Gasteiger partial charge in [-0.05, 0) is 20.8 Å². The zero-order valence-corrected chi connectivity index (χ0v) is 9.69. The quantitative estimate of drug-likeness (QED) is 0.770. The molecule has 0 aliphatic carbocycles. The summed E-state index contributed by atoms with van der Waals surface area (Å²) in [5, 5.41) is 11.0. The number of halogens is 3. The van der Waals surface area contributed by atoms with Gasteiger partial charge in [-0.1, -0.05) is 0 Å². The minimum absolute atomic E-state index is 0.273. The lowest BCUT2D eigenvalue weighted by Crippen LogP contribution is -2.41. The highest BCUT2D eigenvalue weighted by molar-refractivity contribution is 4.90. The van der Waals surface area contributed by atoms with Gasteiger partial charge in [0, 0.05) is 19.7 Å². The minimum Gasteiger partial charge on any atom is -0.375 e. The van der Waals surface area contributed by atoms with Crippen LogP contribution in [0.15, 0.2) is 0 Å². The average Bonchev–Trinajstić information content (AvgIpc) is 2.10. The first kappa shape index (κ1) is 15.2. The van der Waals surface area contributed by atoms with Crippen molar-refractivity contribution in [1.29, 1.82) is 5.26 Å². The number of hydrogen-bond donors (Lipinski definition) is 1. The monoisotopic (exact) mass is 238 g/mol. The van der Waals surface area contributed by atoms with E-state index in [-0.39, 0.29) is 6.54 Å². The standard InChI is InChI=1S/C10H17F3N2O/c1-4-16-9(2,3)7-15-6-8(5-14)10(11,12)13/h8,15H,4,6-7H2,1-3H3. The van der Waals surface area contributed by atoms with Crippen molar-refractivity contribution in [3.63, 3.8) is 0 Å². The van der Waals surface area contributed by atoms with E-state index in [0.717, 1.165) is 0 Å². The summed E-state index contributed by atoms with van der Waals surface area (Å²) in [6.07, 6.45) is -4.47. The van der Waals surface area contributed by atoms with Crippen LogP contribution in [0.25, 0.3) is 0 Å². The Morgan fingerprint density at radius 1 is 1.38 bits per heavy atom. The Labute approximate surface area is 93.6 Å². The van der Waals surface area contributed by atoms with Crippen LogP contribution in [0.4, 0.5) is 13.2 Å². The molecule has 0 aromatic carbocycles. The van der Waals surface area contributed by atoms with E-state index in [0.29, 0.717) is 6.61 Å². The van der Waals surface area contributed by atoms with Crippen molar-refractivity contribution in [2.24, 2.45) is 5.92 Å². The van der Waals surface area contributed by atoms with E-state index in [1.54, 1.807) is 13.8 Å². The molecule has 3 nitrogen and oxygen atoms in total. The summed E-state index contributed by atoms with van der Waals surface area (Å²) in [7, 11) is 0. The second kappa shape index (κ2) is 6.06. The van der Waals surface area contributed by atoms with Crippen LogP contribution < -0.4 is 5.32 Å². The van der Waals surface area contributed by atoms with Gasteiger partial charge in [0.15, 0.2) is 5.92 Å². The van der Waals surface area contributed by atoms with Crippen LogP contribution >= 0.6 is 0 Å². The third-order valence-electron chi connectivity index (χ3n) is 1.99. The number of hydrogen-bond acceptors (Lipinski definition) is 3. The van der Waals surface area contributed by atoms with Crippen molar-refractivity contribution in [1.82, 2.24) is 5.32 Å². The maximum Gasteiger partial charge on any atom is 0.405 e. The molecule has 0 rings (SSSR count). The highest BCUT2D eigenvalue weighted by Gasteiger charge is 2.39. The SMILES string of the molecule is CCOC(C)(C)CNCC(C#N)C(F)(F)F. The van der Waals surface area contributed by atoms with E-state index in [2.05, 4.69) is 5.32 Å². The average molecular weight is 238 g/mol. The zero-order valence-electron chi connectivity index (χ0n) is 9.69. The van der Waals surface area contributed by atoms with Gasteiger partial charge in [-0.2, -0.15) is 18.4 Å². The van der Waals surface area contributed by atoms with Gasteiger partial charge < -0.3 is 10.1 Å². The Morgan fingerprint density at radius 2 is 1.94 bits per heavy atom. The van der Waals surface area contributed by atoms with E-state index < -0.39 is 24.2 Å². The molecule has 1 N–H and O–H groups in total. The van der Waals surface area contributed by atoms with Gasteiger partial charge in [-0.25, -0.2) is 0 Å². The van der Waals surface area contributed by atoms with E-state index in [9.17, 15) is 13.2 Å². The fourth-order valence-electron chi connectivity index (χ4n) is 1.19. The summed E-state index contributed by atoms with van der Waals surface area (Å²) in [5.41, 5.74) is -0.527. The van der Waals surface area contributed by atoms with Crippen LogP contribution in [0.5, 0.6) is 0 Å². The largest absolute Gasteiger partial charge is 0.405 e. The predicted molar refractivity (Wildman–Crippen MR) is 53.7 cm³/mol. The first-order valence-corrected chi connectivity index (χ1v) is 5.04. The third-order valence-corrected chi connectivity index (χ3v) is 1.99. The fraction of sp³-hybridized carbons (Fsp3) is 0.900. The van der Waals surface area contributed by atoms with Crippen molar-refractivity contribution >= 4 is 0 Å². The minimum atomic E-state index is -4.47. The molecule has 1 atom stereocenters. The summed E-state index contributed by atoms with van der Waals surface area (Å²) in [5.74, 6) is -1.97. The van der Waals surface area contributed by atoms with Gasteiger partial charge in [0.1, 0.15) is 0 Å². The van der Waals surface area contributed by atoms with Gasteiger partial charge in [-0.15, -0.1) is 0 Å². The molecule has 16 heavy (non-hydrogen) atoms. The van der Waals surface area contributed by atoms with Gasteiger partial charge in [0.05, 0.1) is 11.7 Å². The Balaban J connectivity index is 4.03. The lowest BCUT2D eigenvalue weighted by molar-refractivity contribution is -0.158. The van der Waals surface area contributed by atoms with Crippen molar-refractivity contribution in [3.05, 3.63) is 0 Å². The van der Waals surface area contributed by atoms with E-state index in [4.69, 9.17) is 10.00 Å². The lowest BCUT2D eigenvalue weighted by Gasteiger charge is -2.25. The molecule has 0 saturated carbocycles. The Hall–Kier alpha value is -0.800. The van der Waals surface area contributed by atoms with Crippen LogP contribution in [0.1, 0.15) is 20.8 Å². The summed E-state index contributed by atoms with van der Waals surface area (Å²) in [4.78, 5) is 0. The second-order valence-electron chi connectivity index (χ2n) is 4.05. The van der Waals surface area contributed by atoms with Crippen molar-refractivity contribution in [3.8, 4) is 6.07 Å². The maximum absolute atomic E-state index is 12.2. The summed E-state index contributed by atoms with van der Waals surface area (Å²) < 4.78 is 41.9. The second-order valence-corrected chi connectivity index (χ2v) is 4.05. The van der Waals surface area contributed by atoms with E-state index in [1.165, 1.54) is 6.07 Å². The number of ether oxygens (including phenoxy) is 1. The maximum atomic E-state index is 12.2. The molecule has 0 aromatic rings. The molecular weight excluding hydrogens is 221 g/mol. The predicted octanol–water partition coefficient (Wildman–Crippen LogP) is 2.09. The molecular formula is C10H17F3N2O. The number of rotatable bonds is 6. The molecule has 0 aliphatic rings. The highest BCUT2D eigenvalue weighted by atomic mass is 19.4. The molecule has 0 aromatic heterocycles. The van der Waals surface area contributed by atoms with Gasteiger partial charge in [-0.3, -0.25) is 0 Å². The molecule has 1 unspecified atom stereocenters. The molecule has 0 saturated heterocycles. The van der Waals surface area contributed by atoms with Crippen molar-refractivity contribution < 1.29 is 17.9 Å².